The maximum absolute atomic E-state index is 13.2. The predicted molar refractivity (Wildman–Crippen MR) is 236 cm³/mol. The molecular formula is C47H60N2O22. The molecule has 0 radical (unpaired) electrons. The molecule has 3 aromatic carbocycles. The molecule has 71 heavy (non-hydrogen) atoms. The summed E-state index contributed by atoms with van der Waals surface area (Å²) in [7, 11) is 0. The minimum atomic E-state index is -1.97. The van der Waals surface area contributed by atoms with E-state index in [9.17, 15) is 70.9 Å². The number of carbonyl (C=O) groups excluding carboxylic acids is 2. The summed E-state index contributed by atoms with van der Waals surface area (Å²) < 4.78 is 45.8. The predicted octanol–water partition coefficient (Wildman–Crippen LogP) is -3.10. The molecule has 8 rings (SSSR count). The summed E-state index contributed by atoms with van der Waals surface area (Å²) in [6, 6.07) is 14.8. The SMILES string of the molecule is O=C(CCCCCNC(=O)c1ccc2c(c1)COC21c2ccc(O)cc2Oc2cc(O)ccc21)NCCO[C@@H]1O[C@H](CO)[C@@H](O[C@@H]2O[C@H](CO)[C@H](O[C@H]3O[C@H](CO)[C@H](O)[C@H](O)[C@H]3O)[C@H](O)[C@H]2O)[C@H](O)[C@H]1O. The van der Waals surface area contributed by atoms with Crippen LogP contribution in [0, 0.1) is 0 Å². The normalized spacial score (nSPS) is 32.8. The van der Waals surface area contributed by atoms with Crippen LogP contribution in [-0.2, 0) is 50.2 Å². The Balaban J connectivity index is 0.739. The molecule has 24 nitrogen and oxygen atoms in total. The van der Waals surface area contributed by atoms with Crippen molar-refractivity contribution in [3.05, 3.63) is 82.4 Å². The maximum Gasteiger partial charge on any atom is 0.251 e. The number of aliphatic hydroxyl groups is 10. The van der Waals surface area contributed by atoms with Gasteiger partial charge in [0.1, 0.15) is 96.2 Å². The van der Waals surface area contributed by atoms with Gasteiger partial charge in [-0.3, -0.25) is 9.59 Å². The van der Waals surface area contributed by atoms with E-state index in [-0.39, 0.29) is 49.5 Å². The van der Waals surface area contributed by atoms with Crippen LogP contribution in [0.1, 0.15) is 58.3 Å². The molecule has 0 saturated carbocycles. The summed E-state index contributed by atoms with van der Waals surface area (Å²) in [5.41, 5.74) is 2.28. The third-order valence-electron chi connectivity index (χ3n) is 13.2. The average molecular weight is 1000 g/mol. The smallest absolute Gasteiger partial charge is 0.251 e. The average Bonchev–Trinajstić information content (AvgIpc) is 3.73. The zero-order valence-electron chi connectivity index (χ0n) is 38.1. The van der Waals surface area contributed by atoms with Gasteiger partial charge in [0, 0.05) is 48.3 Å². The summed E-state index contributed by atoms with van der Waals surface area (Å²) in [4.78, 5) is 25.7. The molecule has 0 aliphatic carbocycles. The first-order chi connectivity index (χ1) is 34.1. The number of carbonyl (C=O) groups is 2. The first-order valence-corrected chi connectivity index (χ1v) is 23.2. The van der Waals surface area contributed by atoms with Crippen LogP contribution in [0.2, 0.25) is 0 Å². The van der Waals surface area contributed by atoms with Gasteiger partial charge in [-0.1, -0.05) is 12.5 Å². The number of hydrogen-bond donors (Lipinski definition) is 14. The number of aromatic hydroxyl groups is 2. The number of fused-ring (bicyclic) bond motifs is 6. The van der Waals surface area contributed by atoms with Crippen molar-refractivity contribution < 1.29 is 109 Å². The molecule has 5 aliphatic rings. The van der Waals surface area contributed by atoms with E-state index < -0.39 is 118 Å². The molecule has 15 atom stereocenters. The van der Waals surface area contributed by atoms with Gasteiger partial charge in [-0.05, 0) is 60.4 Å². The van der Waals surface area contributed by atoms with Crippen molar-refractivity contribution in [2.75, 3.05) is 39.5 Å². The molecule has 5 aliphatic heterocycles. The van der Waals surface area contributed by atoms with Gasteiger partial charge in [0.25, 0.3) is 5.91 Å². The molecule has 14 N–H and O–H groups in total. The summed E-state index contributed by atoms with van der Waals surface area (Å²) in [5, 5.41) is 130. The number of benzene rings is 3. The molecule has 5 heterocycles. The summed E-state index contributed by atoms with van der Waals surface area (Å²) >= 11 is 0. The van der Waals surface area contributed by atoms with Crippen LogP contribution in [0.5, 0.6) is 23.0 Å². The van der Waals surface area contributed by atoms with Crippen molar-refractivity contribution in [2.45, 2.75) is 130 Å². The lowest BCUT2D eigenvalue weighted by molar-refractivity contribution is -0.379. The van der Waals surface area contributed by atoms with Gasteiger partial charge in [-0.15, -0.1) is 0 Å². The van der Waals surface area contributed by atoms with E-state index in [1.165, 1.54) is 12.1 Å². The monoisotopic (exact) mass is 1000 g/mol. The fourth-order valence-electron chi connectivity index (χ4n) is 9.47. The van der Waals surface area contributed by atoms with Crippen LogP contribution in [0.4, 0.5) is 0 Å². The molecule has 2 amide bonds. The Hall–Kier alpha value is -4.68. The van der Waals surface area contributed by atoms with Crippen molar-refractivity contribution >= 4 is 11.8 Å². The standard InChI is InChI=1S/C47H60N2O22/c50-17-30-34(56)35(57)38(60)45(67-30)70-42-32(19-52)69-46(40(62)37(42)59)71-41-31(18-51)68-44(39(61)36(41)58)64-13-12-48-33(55)4-2-1-3-11-49-43(63)21-5-8-25-22(14-21)20-65-47(25)26-9-6-23(53)15-28(26)66-29-16-24(54)7-10-27(29)47/h5-10,14-16,30-32,34-42,44-46,50-54,56-62H,1-4,11-13,17-20H2,(H,48,55)(H,49,63)/t30-,31-,32-,34+,35+,36-,37-,38-,39-,40-,41-,42+,44-,45-,46+/m1/s1. The maximum atomic E-state index is 13.2. The molecule has 24 heteroatoms. The number of nitrogens with one attached hydrogen (secondary N) is 2. The van der Waals surface area contributed by atoms with E-state index in [4.69, 9.17) is 37.9 Å². The second-order valence-electron chi connectivity index (χ2n) is 17.9. The third-order valence-corrected chi connectivity index (χ3v) is 13.2. The van der Waals surface area contributed by atoms with Crippen molar-refractivity contribution in [3.8, 4) is 23.0 Å². The lowest BCUT2D eigenvalue weighted by atomic mass is 9.77. The van der Waals surface area contributed by atoms with Gasteiger partial charge in [0.05, 0.1) is 33.0 Å². The van der Waals surface area contributed by atoms with E-state index in [1.807, 2.05) is 6.07 Å². The van der Waals surface area contributed by atoms with E-state index in [0.717, 1.165) is 11.1 Å². The Bertz CT molecular complexity index is 2270. The quantitative estimate of drug-likeness (QED) is 0.0561. The number of phenols is 2. The van der Waals surface area contributed by atoms with Crippen LogP contribution in [0.25, 0.3) is 0 Å². The van der Waals surface area contributed by atoms with E-state index in [0.29, 0.717) is 54.0 Å². The highest BCUT2D eigenvalue weighted by Gasteiger charge is 2.54. The van der Waals surface area contributed by atoms with Gasteiger partial charge in [0.2, 0.25) is 5.91 Å². The molecule has 0 bridgehead atoms. The van der Waals surface area contributed by atoms with Crippen molar-refractivity contribution in [1.82, 2.24) is 10.6 Å². The van der Waals surface area contributed by atoms with Crippen molar-refractivity contribution in [1.29, 1.82) is 0 Å². The Morgan fingerprint density at radius 1 is 0.592 bits per heavy atom. The van der Waals surface area contributed by atoms with Crippen molar-refractivity contribution in [3.63, 3.8) is 0 Å². The van der Waals surface area contributed by atoms with Gasteiger partial charge in [0.15, 0.2) is 24.5 Å². The van der Waals surface area contributed by atoms with Crippen LogP contribution in [0.3, 0.4) is 0 Å². The molecule has 3 saturated heterocycles. The largest absolute Gasteiger partial charge is 0.508 e. The Morgan fingerprint density at radius 3 is 1.75 bits per heavy atom. The minimum Gasteiger partial charge on any atom is -0.508 e. The number of rotatable bonds is 18. The minimum absolute atomic E-state index is 0.00480. The fraction of sp³-hybridized carbons (Fsp3) is 0.574. The fourth-order valence-corrected chi connectivity index (χ4v) is 9.47. The number of amides is 2. The van der Waals surface area contributed by atoms with Gasteiger partial charge < -0.3 is 110 Å². The van der Waals surface area contributed by atoms with E-state index in [1.54, 1.807) is 36.4 Å². The molecule has 390 valence electrons. The second kappa shape index (κ2) is 22.6. The highest BCUT2D eigenvalue weighted by Crippen LogP contribution is 2.57. The van der Waals surface area contributed by atoms with Crippen LogP contribution in [0.15, 0.2) is 54.6 Å². The van der Waals surface area contributed by atoms with Gasteiger partial charge in [-0.2, -0.15) is 0 Å². The highest BCUT2D eigenvalue weighted by molar-refractivity contribution is 5.94. The Morgan fingerprint density at radius 2 is 1.14 bits per heavy atom. The number of aliphatic hydroxyl groups excluding tert-OH is 10. The lowest BCUT2D eigenvalue weighted by Crippen LogP contribution is -2.66. The third kappa shape index (κ3) is 10.7. The Kier molecular flexibility index (Phi) is 16.8. The molecule has 3 aromatic rings. The first-order valence-electron chi connectivity index (χ1n) is 23.2. The Labute approximate surface area is 405 Å². The zero-order valence-corrected chi connectivity index (χ0v) is 38.1. The second-order valence-corrected chi connectivity index (χ2v) is 17.9. The van der Waals surface area contributed by atoms with E-state index in [2.05, 4.69) is 10.6 Å². The van der Waals surface area contributed by atoms with Crippen LogP contribution < -0.4 is 15.4 Å². The van der Waals surface area contributed by atoms with E-state index >= 15 is 0 Å². The van der Waals surface area contributed by atoms with Gasteiger partial charge >= 0.3 is 0 Å². The summed E-state index contributed by atoms with van der Waals surface area (Å²) in [5.74, 6) is 0.192. The molecule has 3 fully saturated rings. The van der Waals surface area contributed by atoms with Crippen LogP contribution in [-0.4, -0.2) is 205 Å². The lowest BCUT2D eigenvalue weighted by Gasteiger charge is -2.48. The topological polar surface area (TPSA) is 375 Å². The molecule has 1 spiro atoms. The van der Waals surface area contributed by atoms with Crippen LogP contribution >= 0.6 is 0 Å². The zero-order chi connectivity index (χ0) is 50.7. The number of ether oxygens (including phenoxy) is 8. The summed E-state index contributed by atoms with van der Waals surface area (Å²) in [6.45, 7) is -2.07. The highest BCUT2D eigenvalue weighted by atomic mass is 16.8. The first kappa shape index (κ1) is 52.6. The molecule has 0 aromatic heterocycles. The van der Waals surface area contributed by atoms with Crippen molar-refractivity contribution in [2.24, 2.45) is 0 Å². The number of phenolic OH excluding ortho intramolecular Hbond substituents is 2. The summed E-state index contributed by atoms with van der Waals surface area (Å²) in [6.07, 6.45) is -23.6. The molecule has 0 unspecified atom stereocenters. The number of hydrogen-bond acceptors (Lipinski definition) is 22. The van der Waals surface area contributed by atoms with Gasteiger partial charge in [-0.25, -0.2) is 0 Å². The number of unbranched alkanes of at least 4 members (excludes halogenated alkanes) is 2. The molecular weight excluding hydrogens is 945 g/mol.